The first-order chi connectivity index (χ1) is 9.83. The highest BCUT2D eigenvalue weighted by atomic mass is 35.5. The second-order valence-electron chi connectivity index (χ2n) is 4.40. The molecule has 0 amide bonds. The molecule has 2 N–H and O–H groups in total. The van der Waals surface area contributed by atoms with Gasteiger partial charge in [0.1, 0.15) is 10.0 Å². The molecule has 8 heteroatoms. The maximum Gasteiger partial charge on any atom is 0.250 e. The van der Waals surface area contributed by atoms with E-state index in [-0.39, 0.29) is 9.23 Å². The molecule has 21 heavy (non-hydrogen) atoms. The van der Waals surface area contributed by atoms with Crippen molar-refractivity contribution in [1.82, 2.24) is 4.72 Å². The molecule has 1 unspecified atom stereocenters. The summed E-state index contributed by atoms with van der Waals surface area (Å²) in [5.74, 6) is -0.668. The molecule has 0 saturated carbocycles. The number of benzene rings is 1. The summed E-state index contributed by atoms with van der Waals surface area (Å²) in [7, 11) is -3.77. The highest BCUT2D eigenvalue weighted by molar-refractivity contribution is 7.91. The molecule has 0 aliphatic carbocycles. The van der Waals surface area contributed by atoms with Gasteiger partial charge >= 0.3 is 0 Å². The van der Waals surface area contributed by atoms with Crippen molar-refractivity contribution in [2.24, 2.45) is 0 Å². The minimum Gasteiger partial charge on any atom is -0.394 e. The van der Waals surface area contributed by atoms with Crippen molar-refractivity contribution in [3.8, 4) is 0 Å². The summed E-state index contributed by atoms with van der Waals surface area (Å²) >= 11 is 6.71. The minimum atomic E-state index is -3.77. The number of hydrogen-bond donors (Lipinski definition) is 2. The van der Waals surface area contributed by atoms with E-state index in [0.717, 1.165) is 22.3 Å². The van der Waals surface area contributed by atoms with Gasteiger partial charge in [-0.1, -0.05) is 17.7 Å². The highest BCUT2D eigenvalue weighted by Crippen LogP contribution is 2.25. The standard InChI is InChI=1S/C13H13ClFNO3S2/c1-8-2-5-13(20-8)21(18,19)16-12(7-17)9-3-4-10(14)11(15)6-9/h2-6,12,16-17H,7H2,1H3. The number of rotatable bonds is 5. The van der Waals surface area contributed by atoms with E-state index in [1.165, 1.54) is 18.2 Å². The number of sulfonamides is 1. The number of aliphatic hydroxyl groups is 1. The zero-order chi connectivity index (χ0) is 15.6. The Bertz CT molecular complexity index is 746. The Hall–Kier alpha value is -0.990. The van der Waals surface area contributed by atoms with Crippen LogP contribution in [-0.4, -0.2) is 20.1 Å². The Kier molecular flexibility index (Phi) is 5.00. The third kappa shape index (κ3) is 3.81. The largest absolute Gasteiger partial charge is 0.394 e. The third-order valence-corrected chi connectivity index (χ3v) is 6.08. The summed E-state index contributed by atoms with van der Waals surface area (Å²) in [6, 6.07) is 6.12. The molecule has 0 aliphatic rings. The second kappa shape index (κ2) is 6.41. The van der Waals surface area contributed by atoms with E-state index < -0.39 is 28.5 Å². The first-order valence-corrected chi connectivity index (χ1v) is 8.66. The fourth-order valence-corrected chi connectivity index (χ4v) is 4.37. The maximum absolute atomic E-state index is 13.4. The number of aryl methyl sites for hydroxylation is 1. The lowest BCUT2D eigenvalue weighted by Crippen LogP contribution is -2.30. The maximum atomic E-state index is 13.4. The lowest BCUT2D eigenvalue weighted by molar-refractivity contribution is 0.258. The van der Waals surface area contributed by atoms with Crippen LogP contribution in [0.15, 0.2) is 34.5 Å². The topological polar surface area (TPSA) is 66.4 Å². The van der Waals surface area contributed by atoms with E-state index in [4.69, 9.17) is 11.6 Å². The summed E-state index contributed by atoms with van der Waals surface area (Å²) in [6.07, 6.45) is 0. The van der Waals surface area contributed by atoms with Gasteiger partial charge in [-0.05, 0) is 36.8 Å². The van der Waals surface area contributed by atoms with E-state index in [2.05, 4.69) is 4.72 Å². The first-order valence-electron chi connectivity index (χ1n) is 5.98. The Balaban J connectivity index is 2.28. The molecule has 0 fully saturated rings. The van der Waals surface area contributed by atoms with Crippen molar-refractivity contribution in [2.45, 2.75) is 17.2 Å². The molecule has 2 aromatic rings. The van der Waals surface area contributed by atoms with E-state index in [1.54, 1.807) is 13.0 Å². The molecule has 1 aromatic heterocycles. The van der Waals surface area contributed by atoms with Gasteiger partial charge in [0.15, 0.2) is 0 Å². The number of nitrogens with one attached hydrogen (secondary N) is 1. The van der Waals surface area contributed by atoms with Crippen LogP contribution in [0.2, 0.25) is 5.02 Å². The summed E-state index contributed by atoms with van der Waals surface area (Å²) in [5.41, 5.74) is 0.302. The van der Waals surface area contributed by atoms with Gasteiger partial charge in [-0.15, -0.1) is 11.3 Å². The van der Waals surface area contributed by atoms with Crippen LogP contribution in [0.3, 0.4) is 0 Å². The van der Waals surface area contributed by atoms with Crippen LogP contribution < -0.4 is 4.72 Å². The van der Waals surface area contributed by atoms with E-state index in [0.29, 0.717) is 5.56 Å². The van der Waals surface area contributed by atoms with Crippen molar-refractivity contribution in [1.29, 1.82) is 0 Å². The van der Waals surface area contributed by atoms with Crippen molar-refractivity contribution >= 4 is 33.0 Å². The summed E-state index contributed by atoms with van der Waals surface area (Å²) < 4.78 is 40.4. The molecule has 114 valence electrons. The molecule has 0 bridgehead atoms. The lowest BCUT2D eigenvalue weighted by atomic mass is 10.1. The molecule has 4 nitrogen and oxygen atoms in total. The molecular weight excluding hydrogens is 337 g/mol. The van der Waals surface area contributed by atoms with Gasteiger partial charge in [-0.3, -0.25) is 0 Å². The number of hydrogen-bond acceptors (Lipinski definition) is 4. The van der Waals surface area contributed by atoms with Crippen LogP contribution in [-0.2, 0) is 10.0 Å². The van der Waals surface area contributed by atoms with Crippen LogP contribution in [0.25, 0.3) is 0 Å². The lowest BCUT2D eigenvalue weighted by Gasteiger charge is -2.16. The average molecular weight is 350 g/mol. The molecule has 0 radical (unpaired) electrons. The normalized spacial score (nSPS) is 13.3. The predicted octanol–water partition coefficient (Wildman–Crippen LogP) is 2.86. The molecule has 0 aliphatic heterocycles. The molecule has 2 rings (SSSR count). The van der Waals surface area contributed by atoms with Gasteiger partial charge in [0, 0.05) is 4.88 Å². The zero-order valence-electron chi connectivity index (χ0n) is 11.0. The second-order valence-corrected chi connectivity index (χ2v) is 8.03. The zero-order valence-corrected chi connectivity index (χ0v) is 13.4. The number of aliphatic hydroxyl groups excluding tert-OH is 1. The van der Waals surface area contributed by atoms with Gasteiger partial charge in [-0.2, -0.15) is 0 Å². The quantitative estimate of drug-likeness (QED) is 0.872. The number of halogens is 2. The summed E-state index contributed by atoms with van der Waals surface area (Å²) in [6.45, 7) is 1.30. The van der Waals surface area contributed by atoms with Crippen LogP contribution in [0.1, 0.15) is 16.5 Å². The highest BCUT2D eigenvalue weighted by Gasteiger charge is 2.22. The SMILES string of the molecule is Cc1ccc(S(=O)(=O)NC(CO)c2ccc(Cl)c(F)c2)s1. The third-order valence-electron chi connectivity index (χ3n) is 2.81. The van der Waals surface area contributed by atoms with Crippen molar-refractivity contribution < 1.29 is 17.9 Å². The van der Waals surface area contributed by atoms with Crippen molar-refractivity contribution in [2.75, 3.05) is 6.61 Å². The Morgan fingerprint density at radius 1 is 1.38 bits per heavy atom. The van der Waals surface area contributed by atoms with Crippen LogP contribution in [0.4, 0.5) is 4.39 Å². The van der Waals surface area contributed by atoms with E-state index >= 15 is 0 Å². The molecule has 1 heterocycles. The van der Waals surface area contributed by atoms with Crippen molar-refractivity contribution in [3.05, 3.63) is 51.6 Å². The monoisotopic (exact) mass is 349 g/mol. The van der Waals surface area contributed by atoms with Crippen LogP contribution in [0.5, 0.6) is 0 Å². The molecule has 0 saturated heterocycles. The molecule has 0 spiro atoms. The molecule has 1 atom stereocenters. The molecular formula is C13H13ClFNO3S2. The predicted molar refractivity (Wildman–Crippen MR) is 80.6 cm³/mol. The Morgan fingerprint density at radius 3 is 2.62 bits per heavy atom. The van der Waals surface area contributed by atoms with Gasteiger partial charge in [0.25, 0.3) is 10.0 Å². The number of thiophene rings is 1. The summed E-state index contributed by atoms with van der Waals surface area (Å²) in [5, 5.41) is 9.31. The molecule has 1 aromatic carbocycles. The van der Waals surface area contributed by atoms with Gasteiger partial charge < -0.3 is 5.11 Å². The van der Waals surface area contributed by atoms with Gasteiger partial charge in [-0.25, -0.2) is 17.5 Å². The summed E-state index contributed by atoms with van der Waals surface area (Å²) in [4.78, 5) is 0.855. The van der Waals surface area contributed by atoms with Crippen LogP contribution >= 0.6 is 22.9 Å². The fourth-order valence-electron chi connectivity index (χ4n) is 1.74. The van der Waals surface area contributed by atoms with Crippen molar-refractivity contribution in [3.63, 3.8) is 0 Å². The van der Waals surface area contributed by atoms with E-state index in [1.807, 2.05) is 0 Å². The van der Waals surface area contributed by atoms with E-state index in [9.17, 15) is 17.9 Å². The van der Waals surface area contributed by atoms with Gasteiger partial charge in [0.05, 0.1) is 17.7 Å². The Labute approximate surface area is 131 Å². The average Bonchev–Trinajstić information content (AvgIpc) is 2.87. The fraction of sp³-hybridized carbons (Fsp3) is 0.231. The smallest absolute Gasteiger partial charge is 0.250 e. The Morgan fingerprint density at radius 2 is 2.10 bits per heavy atom. The van der Waals surface area contributed by atoms with Gasteiger partial charge in [0.2, 0.25) is 0 Å². The first kappa shape index (κ1) is 16.4. The van der Waals surface area contributed by atoms with Crippen LogP contribution in [0, 0.1) is 12.7 Å². The minimum absolute atomic E-state index is 0.0628.